The second-order valence-corrected chi connectivity index (χ2v) is 14.5. The molecule has 0 bridgehead atoms. The van der Waals surface area contributed by atoms with Crippen LogP contribution in [0.5, 0.6) is 0 Å². The summed E-state index contributed by atoms with van der Waals surface area (Å²) >= 11 is 0. The number of hydrogen-bond donors (Lipinski definition) is 0. The Hall–Kier alpha value is -0.286. The summed E-state index contributed by atoms with van der Waals surface area (Å²) in [7, 11) is -1.65. The zero-order valence-electron chi connectivity index (χ0n) is 13.0. The van der Waals surface area contributed by atoms with E-state index in [1.54, 1.807) is 0 Å². The lowest BCUT2D eigenvalue weighted by molar-refractivity contribution is 0.275. The summed E-state index contributed by atoms with van der Waals surface area (Å²) in [5.74, 6) is 1.19. The van der Waals surface area contributed by atoms with Crippen LogP contribution in [0, 0.1) is 5.41 Å². The van der Waals surface area contributed by atoms with Gasteiger partial charge in [-0.2, -0.15) is 0 Å². The number of allylic oxidation sites excluding steroid dienone is 3. The minimum absolute atomic E-state index is 0.123. The van der Waals surface area contributed by atoms with Crippen LogP contribution in [0.3, 0.4) is 0 Å². The quantitative estimate of drug-likeness (QED) is 0.628. The van der Waals surface area contributed by atoms with Gasteiger partial charge in [-0.25, -0.2) is 0 Å². The van der Waals surface area contributed by atoms with Gasteiger partial charge in [0.1, 0.15) is 0 Å². The van der Waals surface area contributed by atoms with Crippen molar-refractivity contribution in [2.45, 2.75) is 65.0 Å². The van der Waals surface area contributed by atoms with Crippen molar-refractivity contribution in [1.82, 2.24) is 0 Å². The Labute approximate surface area is 116 Å². The first kappa shape index (κ1) is 15.8. The average molecular weight is 282 g/mol. The predicted molar refractivity (Wildman–Crippen MR) is 85.9 cm³/mol. The highest BCUT2D eigenvalue weighted by atomic mass is 28.4. The predicted octanol–water partition coefficient (Wildman–Crippen LogP) is 5.22. The summed E-state index contributed by atoms with van der Waals surface area (Å²) in [6.45, 7) is 18.2. The van der Waals surface area contributed by atoms with Crippen LogP contribution >= 0.6 is 0 Å². The highest BCUT2D eigenvalue weighted by Crippen LogP contribution is 2.39. The first-order valence-electron chi connectivity index (χ1n) is 6.96. The molecule has 0 fully saturated rings. The third-order valence-corrected chi connectivity index (χ3v) is 7.38. The smallest absolute Gasteiger partial charge is 0.244 e. The van der Waals surface area contributed by atoms with Gasteiger partial charge in [-0.05, 0) is 37.0 Å². The van der Waals surface area contributed by atoms with Crippen molar-refractivity contribution in [3.8, 4) is 0 Å². The fraction of sp³-hybridized carbons (Fsp3) is 0.733. The van der Waals surface area contributed by atoms with Gasteiger partial charge in [0, 0.05) is 15.2 Å². The van der Waals surface area contributed by atoms with Crippen molar-refractivity contribution in [3.63, 3.8) is 0 Å². The molecule has 103 valence electrons. The van der Waals surface area contributed by atoms with E-state index in [1.165, 1.54) is 23.4 Å². The highest BCUT2D eigenvalue weighted by Gasteiger charge is 2.30. The minimum atomic E-state index is -1.53. The molecule has 0 spiro atoms. The standard InChI is InChI=1S/C15H29OSi2/c1-13-10-14(12-15(2,3)11-13)16-18(6,7)9-8-17(4)5/h10H,1,8-9,11-12H2,2-7H3. The van der Waals surface area contributed by atoms with Crippen molar-refractivity contribution in [2.75, 3.05) is 0 Å². The Kier molecular flexibility index (Phi) is 5.07. The molecule has 0 aromatic carbocycles. The molecule has 1 aliphatic rings. The second-order valence-electron chi connectivity index (χ2n) is 7.36. The first-order valence-corrected chi connectivity index (χ1v) is 12.8. The van der Waals surface area contributed by atoms with E-state index in [0.717, 1.165) is 12.8 Å². The molecule has 1 radical (unpaired) electrons. The molecule has 1 rings (SSSR count). The van der Waals surface area contributed by atoms with Gasteiger partial charge in [-0.1, -0.05) is 45.1 Å². The van der Waals surface area contributed by atoms with Crippen LogP contribution in [-0.4, -0.2) is 17.1 Å². The third kappa shape index (κ3) is 5.57. The Morgan fingerprint density at radius 1 is 1.33 bits per heavy atom. The molecule has 0 amide bonds. The van der Waals surface area contributed by atoms with Crippen molar-refractivity contribution in [3.05, 3.63) is 24.0 Å². The number of hydrogen-bond acceptors (Lipinski definition) is 1. The van der Waals surface area contributed by atoms with Gasteiger partial charge in [0.15, 0.2) is 0 Å². The number of rotatable bonds is 5. The first-order chi connectivity index (χ1) is 8.10. The Morgan fingerprint density at radius 2 is 1.94 bits per heavy atom. The average Bonchev–Trinajstić information content (AvgIpc) is 2.10. The van der Waals surface area contributed by atoms with Gasteiger partial charge < -0.3 is 4.43 Å². The SMILES string of the molecule is C=C1C=C(O[Si](C)(C)CC[Si](C)C)CC(C)(C)C1. The van der Waals surface area contributed by atoms with E-state index >= 15 is 0 Å². The fourth-order valence-corrected chi connectivity index (χ4v) is 7.85. The molecule has 3 heteroatoms. The lowest BCUT2D eigenvalue weighted by Crippen LogP contribution is -2.32. The Morgan fingerprint density at radius 3 is 2.44 bits per heavy atom. The molecule has 1 nitrogen and oxygen atoms in total. The molecular formula is C15H29OSi2. The second kappa shape index (κ2) is 5.78. The zero-order valence-corrected chi connectivity index (χ0v) is 15.0. The summed E-state index contributed by atoms with van der Waals surface area (Å²) in [5, 5.41) is 0. The molecule has 18 heavy (non-hydrogen) atoms. The van der Waals surface area contributed by atoms with Crippen LogP contribution in [-0.2, 0) is 4.43 Å². The van der Waals surface area contributed by atoms with Gasteiger partial charge in [-0.15, -0.1) is 0 Å². The molecule has 0 unspecified atom stereocenters. The third-order valence-electron chi connectivity index (χ3n) is 3.36. The Balaban J connectivity index is 2.63. The maximum absolute atomic E-state index is 6.39. The molecule has 0 aromatic heterocycles. The van der Waals surface area contributed by atoms with E-state index in [1.807, 2.05) is 0 Å². The van der Waals surface area contributed by atoms with E-state index in [4.69, 9.17) is 4.43 Å². The highest BCUT2D eigenvalue weighted by molar-refractivity contribution is 6.73. The molecule has 0 saturated heterocycles. The van der Waals surface area contributed by atoms with Crippen LogP contribution in [0.4, 0.5) is 0 Å². The van der Waals surface area contributed by atoms with Crippen molar-refractivity contribution >= 4 is 17.1 Å². The maximum atomic E-state index is 6.39. The lowest BCUT2D eigenvalue weighted by atomic mass is 9.78. The van der Waals surface area contributed by atoms with E-state index in [-0.39, 0.29) is 8.80 Å². The zero-order chi connectivity index (χ0) is 14.0. The van der Waals surface area contributed by atoms with Crippen LogP contribution in [0.15, 0.2) is 24.0 Å². The monoisotopic (exact) mass is 281 g/mol. The maximum Gasteiger partial charge on any atom is 0.244 e. The van der Waals surface area contributed by atoms with Crippen molar-refractivity contribution in [2.24, 2.45) is 5.41 Å². The molecule has 0 heterocycles. The molecule has 0 atom stereocenters. The molecule has 1 aliphatic carbocycles. The summed E-state index contributed by atoms with van der Waals surface area (Å²) < 4.78 is 6.39. The largest absolute Gasteiger partial charge is 0.547 e. The minimum Gasteiger partial charge on any atom is -0.547 e. The molecule has 0 aliphatic heterocycles. The van der Waals surface area contributed by atoms with Crippen LogP contribution in [0.25, 0.3) is 0 Å². The lowest BCUT2D eigenvalue weighted by Gasteiger charge is -2.35. The van der Waals surface area contributed by atoms with Gasteiger partial charge in [-0.3, -0.25) is 0 Å². The molecule has 0 aromatic rings. The van der Waals surface area contributed by atoms with Crippen molar-refractivity contribution < 1.29 is 4.43 Å². The summed E-state index contributed by atoms with van der Waals surface area (Å²) in [6, 6.07) is 2.67. The van der Waals surface area contributed by atoms with Gasteiger partial charge in [0.05, 0.1) is 5.76 Å². The van der Waals surface area contributed by atoms with E-state index in [0.29, 0.717) is 5.41 Å². The van der Waals surface area contributed by atoms with E-state index in [9.17, 15) is 0 Å². The molecule has 0 N–H and O–H groups in total. The van der Waals surface area contributed by atoms with Crippen LogP contribution in [0.2, 0.25) is 38.3 Å². The molecule has 0 saturated carbocycles. The summed E-state index contributed by atoms with van der Waals surface area (Å²) in [4.78, 5) is 0. The van der Waals surface area contributed by atoms with Crippen LogP contribution < -0.4 is 0 Å². The van der Waals surface area contributed by atoms with E-state index < -0.39 is 8.32 Å². The Bertz CT molecular complexity index is 340. The molecular weight excluding hydrogens is 252 g/mol. The van der Waals surface area contributed by atoms with Crippen LogP contribution in [0.1, 0.15) is 26.7 Å². The summed E-state index contributed by atoms with van der Waals surface area (Å²) in [5.41, 5.74) is 1.54. The normalized spacial score (nSPS) is 19.9. The summed E-state index contributed by atoms with van der Waals surface area (Å²) in [6.07, 6.45) is 4.35. The topological polar surface area (TPSA) is 9.23 Å². The van der Waals surface area contributed by atoms with E-state index in [2.05, 4.69) is 52.7 Å². The van der Waals surface area contributed by atoms with Crippen molar-refractivity contribution in [1.29, 1.82) is 0 Å². The van der Waals surface area contributed by atoms with Gasteiger partial charge >= 0.3 is 0 Å². The van der Waals surface area contributed by atoms with Gasteiger partial charge in [0.25, 0.3) is 0 Å². The fourth-order valence-electron chi connectivity index (χ4n) is 2.50. The van der Waals surface area contributed by atoms with Gasteiger partial charge in [0.2, 0.25) is 8.32 Å².